The Hall–Kier alpha value is -1.01. The monoisotopic (exact) mass is 292 g/mol. The number of hydrogen-bond donors (Lipinski definition) is 1. The van der Waals surface area contributed by atoms with Crippen LogP contribution in [0.4, 0.5) is 13.2 Å². The van der Waals surface area contributed by atoms with Gasteiger partial charge in [0.05, 0.1) is 19.2 Å². The minimum absolute atomic E-state index is 0.00641. The van der Waals surface area contributed by atoms with E-state index in [1.807, 2.05) is 6.07 Å². The van der Waals surface area contributed by atoms with Crippen LogP contribution in [0.3, 0.4) is 0 Å². The average Bonchev–Trinajstić information content (AvgIpc) is 2.73. The minimum atomic E-state index is -4.10. The summed E-state index contributed by atoms with van der Waals surface area (Å²) < 4.78 is 41.9. The molecule has 1 heterocycles. The van der Waals surface area contributed by atoms with Crippen molar-refractivity contribution in [2.45, 2.75) is 39.5 Å². The number of rotatable bonds is 8. The molecule has 1 rings (SSSR count). The summed E-state index contributed by atoms with van der Waals surface area (Å²) in [5.74, 6) is 1.34. The third-order valence-corrected chi connectivity index (χ3v) is 2.89. The fourth-order valence-corrected chi connectivity index (χ4v) is 1.82. The summed E-state index contributed by atoms with van der Waals surface area (Å²) in [4.78, 5) is 1.66. The maximum atomic E-state index is 12.2. The first kappa shape index (κ1) is 17.0. The van der Waals surface area contributed by atoms with Crippen molar-refractivity contribution in [2.24, 2.45) is 5.92 Å². The summed E-state index contributed by atoms with van der Waals surface area (Å²) >= 11 is 0. The Labute approximate surface area is 118 Å². The summed E-state index contributed by atoms with van der Waals surface area (Å²) in [5.41, 5.74) is 0.936. The molecule has 0 amide bonds. The van der Waals surface area contributed by atoms with E-state index in [1.165, 1.54) is 0 Å². The van der Waals surface area contributed by atoms with E-state index in [0.29, 0.717) is 19.0 Å². The topological polar surface area (TPSA) is 28.4 Å². The van der Waals surface area contributed by atoms with Gasteiger partial charge in [0.2, 0.25) is 0 Å². The van der Waals surface area contributed by atoms with Crippen LogP contribution in [0.2, 0.25) is 0 Å². The van der Waals surface area contributed by atoms with Crippen molar-refractivity contribution in [1.82, 2.24) is 10.2 Å². The number of halogens is 3. The van der Waals surface area contributed by atoms with Crippen LogP contribution in [0.25, 0.3) is 0 Å². The third kappa shape index (κ3) is 6.96. The first-order chi connectivity index (χ1) is 9.28. The summed E-state index contributed by atoms with van der Waals surface area (Å²) in [7, 11) is 1.68. The second-order valence-corrected chi connectivity index (χ2v) is 5.50. The second kappa shape index (κ2) is 7.69. The van der Waals surface area contributed by atoms with Gasteiger partial charge in [-0.2, -0.15) is 13.2 Å². The van der Waals surface area contributed by atoms with Gasteiger partial charge in [0.1, 0.15) is 5.76 Å². The molecule has 3 nitrogen and oxygen atoms in total. The highest BCUT2D eigenvalue weighted by Gasteiger charge is 2.27. The Bertz CT molecular complexity index is 388. The van der Waals surface area contributed by atoms with Gasteiger partial charge in [0.15, 0.2) is 0 Å². The second-order valence-electron chi connectivity index (χ2n) is 5.50. The lowest BCUT2D eigenvalue weighted by molar-refractivity contribution is -0.137. The van der Waals surface area contributed by atoms with Gasteiger partial charge < -0.3 is 14.6 Å². The van der Waals surface area contributed by atoms with E-state index in [1.54, 1.807) is 18.2 Å². The average molecular weight is 292 g/mol. The van der Waals surface area contributed by atoms with Crippen LogP contribution in [0.5, 0.6) is 0 Å². The highest BCUT2D eigenvalue weighted by Crippen LogP contribution is 2.20. The molecule has 0 atom stereocenters. The summed E-state index contributed by atoms with van der Waals surface area (Å²) in [6.07, 6.45) is -3.31. The molecule has 0 fully saturated rings. The largest absolute Gasteiger partial charge is 0.468 e. The molecule has 0 unspecified atom stereocenters. The maximum Gasteiger partial charge on any atom is 0.390 e. The molecule has 0 radical (unpaired) electrons. The quantitative estimate of drug-likeness (QED) is 0.796. The van der Waals surface area contributed by atoms with Crippen molar-refractivity contribution in [2.75, 3.05) is 20.1 Å². The fraction of sp³-hybridized carbons (Fsp3) is 0.714. The minimum Gasteiger partial charge on any atom is -0.468 e. The van der Waals surface area contributed by atoms with Crippen molar-refractivity contribution in [1.29, 1.82) is 0 Å². The molecule has 0 saturated carbocycles. The highest BCUT2D eigenvalue weighted by molar-refractivity contribution is 5.16. The molecule has 0 saturated heterocycles. The van der Waals surface area contributed by atoms with Crippen molar-refractivity contribution in [3.8, 4) is 0 Å². The van der Waals surface area contributed by atoms with Gasteiger partial charge in [0.25, 0.3) is 0 Å². The Balaban J connectivity index is 2.41. The molecule has 0 aliphatic carbocycles. The lowest BCUT2D eigenvalue weighted by Crippen LogP contribution is -2.25. The van der Waals surface area contributed by atoms with Crippen LogP contribution in [0.1, 0.15) is 31.6 Å². The molecular weight excluding hydrogens is 269 g/mol. The van der Waals surface area contributed by atoms with E-state index in [2.05, 4.69) is 19.2 Å². The molecule has 1 N–H and O–H groups in total. The first-order valence-electron chi connectivity index (χ1n) is 6.79. The zero-order chi connectivity index (χ0) is 15.2. The fourth-order valence-electron chi connectivity index (χ4n) is 1.82. The van der Waals surface area contributed by atoms with Crippen molar-refractivity contribution < 1.29 is 17.6 Å². The van der Waals surface area contributed by atoms with Crippen LogP contribution in [0.15, 0.2) is 16.7 Å². The van der Waals surface area contributed by atoms with Gasteiger partial charge in [-0.15, -0.1) is 0 Å². The molecule has 20 heavy (non-hydrogen) atoms. The summed E-state index contributed by atoms with van der Waals surface area (Å²) in [5, 5.41) is 3.26. The molecule has 0 aliphatic heterocycles. The SMILES string of the molecule is CC(C)CNCc1occc1CN(C)CCC(F)(F)F. The van der Waals surface area contributed by atoms with Gasteiger partial charge in [-0.1, -0.05) is 13.8 Å². The Kier molecular flexibility index (Phi) is 6.55. The molecule has 0 aliphatic rings. The molecule has 6 heteroatoms. The lowest BCUT2D eigenvalue weighted by atomic mass is 10.2. The molecule has 0 spiro atoms. The van der Waals surface area contributed by atoms with Crippen LogP contribution in [0, 0.1) is 5.92 Å². The van der Waals surface area contributed by atoms with E-state index in [9.17, 15) is 13.2 Å². The molecule has 116 valence electrons. The highest BCUT2D eigenvalue weighted by atomic mass is 19.4. The van der Waals surface area contributed by atoms with Gasteiger partial charge in [0, 0.05) is 18.7 Å². The van der Waals surface area contributed by atoms with E-state index in [4.69, 9.17) is 4.42 Å². The Morgan fingerprint density at radius 3 is 2.65 bits per heavy atom. The van der Waals surface area contributed by atoms with Crippen molar-refractivity contribution >= 4 is 0 Å². The lowest BCUT2D eigenvalue weighted by Gasteiger charge is -2.17. The molecular formula is C14H23F3N2O. The van der Waals surface area contributed by atoms with Crippen molar-refractivity contribution in [3.63, 3.8) is 0 Å². The van der Waals surface area contributed by atoms with E-state index < -0.39 is 12.6 Å². The van der Waals surface area contributed by atoms with Crippen molar-refractivity contribution in [3.05, 3.63) is 23.7 Å². The van der Waals surface area contributed by atoms with Crippen LogP contribution >= 0.6 is 0 Å². The van der Waals surface area contributed by atoms with Crippen LogP contribution < -0.4 is 5.32 Å². The van der Waals surface area contributed by atoms with Crippen LogP contribution in [-0.2, 0) is 13.1 Å². The standard InChI is InChI=1S/C14H23F3N2O/c1-11(2)8-18-9-13-12(4-7-20-13)10-19(3)6-5-14(15,16)17/h4,7,11,18H,5-6,8-10H2,1-3H3. The normalized spacial score (nSPS) is 12.6. The van der Waals surface area contributed by atoms with Gasteiger partial charge in [-0.3, -0.25) is 0 Å². The predicted molar refractivity (Wildman–Crippen MR) is 72.3 cm³/mol. The number of nitrogens with zero attached hydrogens (tertiary/aromatic N) is 1. The summed E-state index contributed by atoms with van der Waals surface area (Å²) in [6.45, 7) is 6.17. The third-order valence-electron chi connectivity index (χ3n) is 2.89. The van der Waals surface area contributed by atoms with E-state index in [0.717, 1.165) is 17.9 Å². The zero-order valence-electron chi connectivity index (χ0n) is 12.3. The number of alkyl halides is 3. The smallest absolute Gasteiger partial charge is 0.390 e. The molecule has 1 aromatic heterocycles. The van der Waals surface area contributed by atoms with E-state index in [-0.39, 0.29) is 6.54 Å². The van der Waals surface area contributed by atoms with Gasteiger partial charge in [-0.25, -0.2) is 0 Å². The zero-order valence-corrected chi connectivity index (χ0v) is 12.3. The molecule has 0 aromatic carbocycles. The Morgan fingerprint density at radius 1 is 1.35 bits per heavy atom. The molecule has 0 bridgehead atoms. The Morgan fingerprint density at radius 2 is 2.05 bits per heavy atom. The molecule has 1 aromatic rings. The summed E-state index contributed by atoms with van der Waals surface area (Å²) in [6, 6.07) is 1.82. The predicted octanol–water partition coefficient (Wildman–Crippen LogP) is 3.41. The maximum absolute atomic E-state index is 12.2. The number of hydrogen-bond acceptors (Lipinski definition) is 3. The number of nitrogens with one attached hydrogen (secondary N) is 1. The van der Waals surface area contributed by atoms with Gasteiger partial charge >= 0.3 is 6.18 Å². The first-order valence-corrected chi connectivity index (χ1v) is 6.79. The van der Waals surface area contributed by atoms with Crippen LogP contribution in [-0.4, -0.2) is 31.2 Å². The van der Waals surface area contributed by atoms with E-state index >= 15 is 0 Å². The van der Waals surface area contributed by atoms with Gasteiger partial charge in [-0.05, 0) is 25.6 Å². The number of furan rings is 1.